The van der Waals surface area contributed by atoms with Crippen LogP contribution in [0.4, 0.5) is 0 Å². The Kier molecular flexibility index (Phi) is 7.34. The SMILES string of the molecule is CCc1ccc(C(C)N/C=C(/C#N)C(=O)NCCC(=O)O)cc1. The summed E-state index contributed by atoms with van der Waals surface area (Å²) in [5.41, 5.74) is 2.20. The van der Waals surface area contributed by atoms with E-state index >= 15 is 0 Å². The monoisotopic (exact) mass is 315 g/mol. The van der Waals surface area contributed by atoms with Gasteiger partial charge in [0.05, 0.1) is 6.42 Å². The smallest absolute Gasteiger partial charge is 0.305 e. The first-order chi connectivity index (χ1) is 11.0. The first-order valence-electron chi connectivity index (χ1n) is 7.43. The summed E-state index contributed by atoms with van der Waals surface area (Å²) in [4.78, 5) is 22.1. The number of hydrogen-bond donors (Lipinski definition) is 3. The van der Waals surface area contributed by atoms with E-state index in [2.05, 4.69) is 17.6 Å². The predicted octanol–water partition coefficient (Wildman–Crippen LogP) is 1.90. The molecule has 0 saturated carbocycles. The molecule has 0 fully saturated rings. The molecule has 6 nitrogen and oxygen atoms in total. The van der Waals surface area contributed by atoms with Crippen LogP contribution in [0.2, 0.25) is 0 Å². The first-order valence-corrected chi connectivity index (χ1v) is 7.43. The molecule has 0 radical (unpaired) electrons. The minimum Gasteiger partial charge on any atom is -0.481 e. The lowest BCUT2D eigenvalue weighted by atomic mass is 10.1. The second kappa shape index (κ2) is 9.26. The highest BCUT2D eigenvalue weighted by atomic mass is 16.4. The molecule has 0 aliphatic carbocycles. The quantitative estimate of drug-likeness (QED) is 0.502. The Morgan fingerprint density at radius 3 is 2.52 bits per heavy atom. The Morgan fingerprint density at radius 2 is 2.00 bits per heavy atom. The standard InChI is InChI=1S/C17H21N3O3/c1-3-13-4-6-14(7-5-13)12(2)20-11-15(10-18)17(23)19-9-8-16(21)22/h4-7,11-12,20H,3,8-9H2,1-2H3,(H,19,23)(H,21,22)/b15-11-. The molecule has 0 aromatic heterocycles. The molecular formula is C17H21N3O3. The van der Waals surface area contributed by atoms with Crippen LogP contribution in [0.1, 0.15) is 37.4 Å². The van der Waals surface area contributed by atoms with E-state index in [0.29, 0.717) is 0 Å². The molecule has 1 unspecified atom stereocenters. The molecular weight excluding hydrogens is 294 g/mol. The van der Waals surface area contributed by atoms with Crippen LogP contribution in [0.5, 0.6) is 0 Å². The minimum atomic E-state index is -1.00. The predicted molar refractivity (Wildman–Crippen MR) is 86.3 cm³/mol. The topological polar surface area (TPSA) is 102 Å². The summed E-state index contributed by atoms with van der Waals surface area (Å²) in [7, 11) is 0. The number of nitriles is 1. The van der Waals surface area contributed by atoms with Crippen molar-refractivity contribution in [2.75, 3.05) is 6.54 Å². The van der Waals surface area contributed by atoms with Crippen molar-refractivity contribution in [3.8, 4) is 6.07 Å². The normalized spacial score (nSPS) is 12.1. The molecule has 0 saturated heterocycles. The summed E-state index contributed by atoms with van der Waals surface area (Å²) in [6, 6.07) is 9.84. The van der Waals surface area contributed by atoms with Crippen molar-refractivity contribution in [3.05, 3.63) is 47.2 Å². The van der Waals surface area contributed by atoms with Crippen LogP contribution < -0.4 is 10.6 Å². The third-order valence-corrected chi connectivity index (χ3v) is 3.36. The summed E-state index contributed by atoms with van der Waals surface area (Å²) in [5.74, 6) is -1.59. The van der Waals surface area contributed by atoms with Crippen molar-refractivity contribution in [3.63, 3.8) is 0 Å². The zero-order valence-electron chi connectivity index (χ0n) is 13.3. The molecule has 1 aromatic carbocycles. The van der Waals surface area contributed by atoms with Gasteiger partial charge in [-0.3, -0.25) is 9.59 Å². The van der Waals surface area contributed by atoms with E-state index in [0.717, 1.165) is 12.0 Å². The number of carboxylic acid groups (broad SMARTS) is 1. The van der Waals surface area contributed by atoms with E-state index in [1.807, 2.05) is 31.2 Å². The maximum Gasteiger partial charge on any atom is 0.305 e. The molecule has 1 aromatic rings. The maximum absolute atomic E-state index is 11.8. The van der Waals surface area contributed by atoms with Crippen LogP contribution in [0.3, 0.4) is 0 Å². The molecule has 0 bridgehead atoms. The molecule has 1 rings (SSSR count). The second-order valence-electron chi connectivity index (χ2n) is 5.05. The van der Waals surface area contributed by atoms with Crippen molar-refractivity contribution in [2.45, 2.75) is 32.7 Å². The van der Waals surface area contributed by atoms with Gasteiger partial charge in [0.25, 0.3) is 5.91 Å². The molecule has 1 amide bonds. The van der Waals surface area contributed by atoms with E-state index in [4.69, 9.17) is 10.4 Å². The van der Waals surface area contributed by atoms with Gasteiger partial charge in [0.15, 0.2) is 0 Å². The van der Waals surface area contributed by atoms with Crippen LogP contribution in [0, 0.1) is 11.3 Å². The van der Waals surface area contributed by atoms with E-state index < -0.39 is 11.9 Å². The van der Waals surface area contributed by atoms with Crippen molar-refractivity contribution in [1.29, 1.82) is 5.26 Å². The number of carboxylic acids is 1. The number of nitrogens with one attached hydrogen (secondary N) is 2. The van der Waals surface area contributed by atoms with Gasteiger partial charge < -0.3 is 15.7 Å². The summed E-state index contributed by atoms with van der Waals surface area (Å²) in [5, 5.41) is 22.9. The first kappa shape index (κ1) is 18.2. The van der Waals surface area contributed by atoms with E-state index in [9.17, 15) is 9.59 Å². The van der Waals surface area contributed by atoms with Gasteiger partial charge in [0.2, 0.25) is 0 Å². The number of benzene rings is 1. The number of nitrogens with zero attached hydrogens (tertiary/aromatic N) is 1. The molecule has 23 heavy (non-hydrogen) atoms. The van der Waals surface area contributed by atoms with Gasteiger partial charge in [-0.2, -0.15) is 5.26 Å². The number of rotatable bonds is 8. The summed E-state index contributed by atoms with van der Waals surface area (Å²) in [6.07, 6.45) is 2.14. The van der Waals surface area contributed by atoms with Crippen LogP contribution in [-0.2, 0) is 16.0 Å². The van der Waals surface area contributed by atoms with Crippen molar-refractivity contribution >= 4 is 11.9 Å². The lowest BCUT2D eigenvalue weighted by Crippen LogP contribution is -2.28. The fourth-order valence-electron chi connectivity index (χ4n) is 1.87. The Morgan fingerprint density at radius 1 is 1.35 bits per heavy atom. The molecule has 6 heteroatoms. The van der Waals surface area contributed by atoms with Gasteiger partial charge in [-0.05, 0) is 24.5 Å². The zero-order chi connectivity index (χ0) is 17.2. The van der Waals surface area contributed by atoms with E-state index in [1.54, 1.807) is 6.07 Å². The number of aliphatic carboxylic acids is 1. The fourth-order valence-corrected chi connectivity index (χ4v) is 1.87. The van der Waals surface area contributed by atoms with Crippen molar-refractivity contribution in [2.24, 2.45) is 0 Å². The minimum absolute atomic E-state index is 0.0127. The number of hydrogen-bond acceptors (Lipinski definition) is 4. The lowest BCUT2D eigenvalue weighted by Gasteiger charge is -2.13. The summed E-state index contributed by atoms with van der Waals surface area (Å²) in [6.45, 7) is 4.00. The third-order valence-electron chi connectivity index (χ3n) is 3.36. The van der Waals surface area contributed by atoms with Gasteiger partial charge >= 0.3 is 5.97 Å². The maximum atomic E-state index is 11.8. The Hall–Kier alpha value is -2.81. The number of amides is 1. The highest BCUT2D eigenvalue weighted by Gasteiger charge is 2.10. The lowest BCUT2D eigenvalue weighted by molar-refractivity contribution is -0.136. The highest BCUT2D eigenvalue weighted by molar-refractivity contribution is 5.97. The molecule has 122 valence electrons. The molecule has 0 aliphatic rings. The van der Waals surface area contributed by atoms with Crippen LogP contribution >= 0.6 is 0 Å². The second-order valence-corrected chi connectivity index (χ2v) is 5.05. The fraction of sp³-hybridized carbons (Fsp3) is 0.353. The third kappa shape index (κ3) is 6.22. The largest absolute Gasteiger partial charge is 0.481 e. The Balaban J connectivity index is 2.62. The van der Waals surface area contributed by atoms with E-state index in [-0.39, 0.29) is 24.6 Å². The van der Waals surface area contributed by atoms with Gasteiger partial charge in [0.1, 0.15) is 11.6 Å². The summed E-state index contributed by atoms with van der Waals surface area (Å²) < 4.78 is 0. The van der Waals surface area contributed by atoms with Gasteiger partial charge in [-0.1, -0.05) is 31.2 Å². The van der Waals surface area contributed by atoms with Gasteiger partial charge in [-0.15, -0.1) is 0 Å². The van der Waals surface area contributed by atoms with Crippen molar-refractivity contribution in [1.82, 2.24) is 10.6 Å². The molecule has 3 N–H and O–H groups in total. The summed E-state index contributed by atoms with van der Waals surface area (Å²) >= 11 is 0. The van der Waals surface area contributed by atoms with Crippen LogP contribution in [-0.4, -0.2) is 23.5 Å². The molecule has 0 spiro atoms. The Labute approximate surface area is 135 Å². The average molecular weight is 315 g/mol. The van der Waals surface area contributed by atoms with Crippen molar-refractivity contribution < 1.29 is 14.7 Å². The molecule has 0 aliphatic heterocycles. The molecule has 0 heterocycles. The molecule has 1 atom stereocenters. The average Bonchev–Trinajstić information content (AvgIpc) is 2.55. The van der Waals surface area contributed by atoms with E-state index in [1.165, 1.54) is 11.8 Å². The number of carbonyl (C=O) groups excluding carboxylic acids is 1. The van der Waals surface area contributed by atoms with Crippen LogP contribution in [0.15, 0.2) is 36.0 Å². The highest BCUT2D eigenvalue weighted by Crippen LogP contribution is 2.14. The number of aryl methyl sites for hydroxylation is 1. The van der Waals surface area contributed by atoms with Crippen LogP contribution in [0.25, 0.3) is 0 Å². The van der Waals surface area contributed by atoms with Gasteiger partial charge in [-0.25, -0.2) is 0 Å². The Bertz CT molecular complexity index is 615. The number of carbonyl (C=O) groups is 2. The zero-order valence-corrected chi connectivity index (χ0v) is 13.3. The van der Waals surface area contributed by atoms with Gasteiger partial charge in [0, 0.05) is 18.8 Å².